The number of aryl methyl sites for hydroxylation is 2. The third-order valence-electron chi connectivity index (χ3n) is 5.03. The number of benzene rings is 1. The number of hydrogen-bond donors (Lipinski definition) is 2. The molecule has 0 unspecified atom stereocenters. The number of hydrogen-bond acceptors (Lipinski definition) is 6. The van der Waals surface area contributed by atoms with Gasteiger partial charge in [-0.15, -0.1) is 0 Å². The third kappa shape index (κ3) is 4.24. The Balaban J connectivity index is 1.91. The highest BCUT2D eigenvalue weighted by atomic mass is 35.5. The van der Waals surface area contributed by atoms with Crippen molar-refractivity contribution in [1.82, 2.24) is 18.8 Å². The Morgan fingerprint density at radius 2 is 1.93 bits per heavy atom. The third-order valence-corrected chi connectivity index (χ3v) is 6.92. The van der Waals surface area contributed by atoms with Crippen LogP contribution >= 0.6 is 11.6 Å². The Hall–Kier alpha value is -2.34. The lowest BCUT2D eigenvalue weighted by molar-refractivity contribution is -0.120. The van der Waals surface area contributed by atoms with Crippen molar-refractivity contribution in [2.75, 3.05) is 26.6 Å². The van der Waals surface area contributed by atoms with Gasteiger partial charge in [0.2, 0.25) is 5.91 Å². The molecule has 1 aromatic heterocycles. The number of carbonyl (C=O) groups is 1. The highest BCUT2D eigenvalue weighted by Gasteiger charge is 2.41. The van der Waals surface area contributed by atoms with Crippen molar-refractivity contribution in [3.8, 4) is 11.5 Å². The molecule has 1 aliphatic heterocycles. The number of likely N-dealkylation sites (N-methyl/N-ethyl adjacent to an activating group) is 1. The summed E-state index contributed by atoms with van der Waals surface area (Å²) in [6, 6.07) is 1.50. The van der Waals surface area contributed by atoms with Crippen LogP contribution in [0.4, 0.5) is 5.69 Å². The Morgan fingerprint density at radius 1 is 1.27 bits per heavy atom. The Kier molecular flexibility index (Phi) is 6.27. The van der Waals surface area contributed by atoms with E-state index in [1.807, 2.05) is 0 Å². The van der Waals surface area contributed by atoms with Crippen molar-refractivity contribution >= 4 is 33.4 Å². The molecule has 0 aliphatic carbocycles. The fraction of sp³-hybridized carbons (Fsp3) is 0.444. The fourth-order valence-corrected chi connectivity index (χ4v) is 4.94. The molecule has 12 heteroatoms. The summed E-state index contributed by atoms with van der Waals surface area (Å²) in [5, 5.41) is 7.32. The Bertz CT molecular complexity index is 1070. The maximum absolute atomic E-state index is 13.1. The first-order valence-electron chi connectivity index (χ1n) is 9.05. The first kappa shape index (κ1) is 22.3. The highest BCUT2D eigenvalue weighted by molar-refractivity contribution is 7.87. The van der Waals surface area contributed by atoms with Crippen LogP contribution in [0.5, 0.6) is 11.5 Å². The molecule has 1 fully saturated rings. The van der Waals surface area contributed by atoms with E-state index in [0.717, 1.165) is 9.87 Å². The maximum atomic E-state index is 13.1. The average molecular weight is 458 g/mol. The summed E-state index contributed by atoms with van der Waals surface area (Å²) < 4.78 is 41.0. The topological polar surface area (TPSA) is 115 Å². The van der Waals surface area contributed by atoms with Gasteiger partial charge in [-0.3, -0.25) is 9.48 Å². The number of rotatable bonds is 5. The second-order valence-corrected chi connectivity index (χ2v) is 9.13. The number of ether oxygens (including phenoxy) is 2. The van der Waals surface area contributed by atoms with Crippen molar-refractivity contribution < 1.29 is 22.7 Å². The zero-order valence-corrected chi connectivity index (χ0v) is 18.8. The predicted molar refractivity (Wildman–Crippen MR) is 112 cm³/mol. The minimum Gasteiger partial charge on any atom is -0.495 e. The summed E-state index contributed by atoms with van der Waals surface area (Å²) in [5.74, 6) is 0.174. The molecule has 10 nitrogen and oxygen atoms in total. The maximum Gasteiger partial charge on any atom is 0.280 e. The number of nitrogens with one attached hydrogen (secondary N) is 2. The van der Waals surface area contributed by atoms with E-state index < -0.39 is 28.2 Å². The first-order valence-corrected chi connectivity index (χ1v) is 10.9. The van der Waals surface area contributed by atoms with Crippen LogP contribution in [0.1, 0.15) is 23.7 Å². The molecule has 2 atom stereocenters. The van der Waals surface area contributed by atoms with E-state index in [2.05, 4.69) is 15.1 Å². The quantitative estimate of drug-likeness (QED) is 0.705. The van der Waals surface area contributed by atoms with Crippen LogP contribution in [0.3, 0.4) is 0 Å². The molecule has 1 aromatic carbocycles. The molecule has 2 heterocycles. The highest BCUT2D eigenvalue weighted by Crippen LogP contribution is 2.37. The zero-order valence-electron chi connectivity index (χ0n) is 17.3. The lowest BCUT2D eigenvalue weighted by atomic mass is 10.00. The summed E-state index contributed by atoms with van der Waals surface area (Å²) in [5.41, 5.74) is 1.73. The van der Waals surface area contributed by atoms with E-state index in [9.17, 15) is 13.2 Å². The number of amides is 1. The van der Waals surface area contributed by atoms with Gasteiger partial charge in [0, 0.05) is 38.0 Å². The van der Waals surface area contributed by atoms with Crippen LogP contribution in [-0.2, 0) is 22.1 Å². The monoisotopic (exact) mass is 457 g/mol. The number of nitrogens with zero attached hydrogens (tertiary/aromatic N) is 3. The molecule has 0 bridgehead atoms. The molecular weight excluding hydrogens is 434 g/mol. The van der Waals surface area contributed by atoms with Gasteiger partial charge in [-0.1, -0.05) is 11.6 Å². The van der Waals surface area contributed by atoms with E-state index in [1.54, 1.807) is 24.9 Å². The van der Waals surface area contributed by atoms with Crippen molar-refractivity contribution in [2.45, 2.75) is 25.4 Å². The van der Waals surface area contributed by atoms with Gasteiger partial charge >= 0.3 is 0 Å². The van der Waals surface area contributed by atoms with Crippen molar-refractivity contribution in [3.05, 3.63) is 34.6 Å². The molecule has 0 spiro atoms. The molecular formula is C18H24ClN5O5S. The number of anilines is 1. The molecule has 30 heavy (non-hydrogen) atoms. The van der Waals surface area contributed by atoms with Gasteiger partial charge in [-0.05, 0) is 13.3 Å². The molecule has 2 N–H and O–H groups in total. The van der Waals surface area contributed by atoms with Gasteiger partial charge in [0.25, 0.3) is 10.2 Å². The lowest BCUT2D eigenvalue weighted by Gasteiger charge is -2.36. The van der Waals surface area contributed by atoms with E-state index in [-0.39, 0.29) is 6.42 Å². The summed E-state index contributed by atoms with van der Waals surface area (Å²) in [4.78, 5) is 13.1. The van der Waals surface area contributed by atoms with Gasteiger partial charge < -0.3 is 14.8 Å². The van der Waals surface area contributed by atoms with Crippen LogP contribution in [0.25, 0.3) is 0 Å². The number of carbonyl (C=O) groups excluding carboxylic acids is 1. The normalized spacial score (nSPS) is 21.3. The molecule has 1 aliphatic rings. The van der Waals surface area contributed by atoms with Crippen molar-refractivity contribution in [1.29, 1.82) is 0 Å². The van der Waals surface area contributed by atoms with Crippen LogP contribution in [0.15, 0.2) is 18.3 Å². The second kappa shape index (κ2) is 8.42. The number of halogens is 1. The largest absolute Gasteiger partial charge is 0.495 e. The molecule has 1 saturated heterocycles. The van der Waals surface area contributed by atoms with E-state index in [1.165, 1.54) is 33.4 Å². The first-order chi connectivity index (χ1) is 14.1. The second-order valence-electron chi connectivity index (χ2n) is 6.96. The SMILES string of the molecule is COc1cc(NC(=O)[C@@H]2C[C@H](c3cn(C)nc3C)NS(=O)(=O)N2C)c(OC)cc1Cl. The fourth-order valence-electron chi connectivity index (χ4n) is 3.45. The average Bonchev–Trinajstić information content (AvgIpc) is 3.02. The minimum atomic E-state index is -3.88. The van der Waals surface area contributed by atoms with Gasteiger partial charge in [0.05, 0.1) is 36.7 Å². The molecule has 3 rings (SSSR count). The summed E-state index contributed by atoms with van der Waals surface area (Å²) in [6.07, 6.45) is 1.97. The van der Waals surface area contributed by atoms with E-state index in [0.29, 0.717) is 27.9 Å². The van der Waals surface area contributed by atoms with Crippen LogP contribution in [-0.4, -0.2) is 55.7 Å². The van der Waals surface area contributed by atoms with Crippen LogP contribution in [0, 0.1) is 6.92 Å². The van der Waals surface area contributed by atoms with Crippen LogP contribution in [0.2, 0.25) is 5.02 Å². The van der Waals surface area contributed by atoms with Crippen molar-refractivity contribution in [3.63, 3.8) is 0 Å². The number of aromatic nitrogens is 2. The Labute approximate surface area is 180 Å². The van der Waals surface area contributed by atoms with Gasteiger partial charge in [0.1, 0.15) is 17.5 Å². The van der Waals surface area contributed by atoms with Gasteiger partial charge in [-0.2, -0.15) is 22.5 Å². The zero-order chi connectivity index (χ0) is 22.2. The summed E-state index contributed by atoms with van der Waals surface area (Å²) >= 11 is 6.11. The van der Waals surface area contributed by atoms with Gasteiger partial charge in [0.15, 0.2) is 0 Å². The van der Waals surface area contributed by atoms with E-state index >= 15 is 0 Å². The molecule has 1 amide bonds. The molecule has 2 aromatic rings. The van der Waals surface area contributed by atoms with Crippen molar-refractivity contribution in [2.24, 2.45) is 7.05 Å². The van der Waals surface area contributed by atoms with Gasteiger partial charge in [-0.25, -0.2) is 0 Å². The van der Waals surface area contributed by atoms with Crippen LogP contribution < -0.4 is 19.5 Å². The standard InChI is InChI=1S/C18H24ClN5O5S/c1-10-11(9-23(2)21-10)13-7-15(24(3)30(26,27)22-13)18(25)20-14-8-16(28-4)12(19)6-17(14)29-5/h6,8-9,13,15,22H,7H2,1-5H3,(H,20,25)/t13-,15+/m1/s1. The Morgan fingerprint density at radius 3 is 2.50 bits per heavy atom. The smallest absolute Gasteiger partial charge is 0.280 e. The molecule has 164 valence electrons. The molecule has 0 radical (unpaired) electrons. The summed E-state index contributed by atoms with van der Waals surface area (Å²) in [7, 11) is 2.13. The lowest BCUT2D eigenvalue weighted by Crippen LogP contribution is -2.56. The van der Waals surface area contributed by atoms with E-state index in [4.69, 9.17) is 21.1 Å². The summed E-state index contributed by atoms with van der Waals surface area (Å²) in [6.45, 7) is 1.79. The predicted octanol–water partition coefficient (Wildman–Crippen LogP) is 1.62. The molecule has 0 saturated carbocycles. The number of methoxy groups -OCH3 is 2. The minimum absolute atomic E-state index is 0.223.